The van der Waals surface area contributed by atoms with E-state index in [1.807, 2.05) is 6.92 Å². The summed E-state index contributed by atoms with van der Waals surface area (Å²) in [7, 11) is 0. The molecule has 7 heteroatoms. The minimum Gasteiger partial charge on any atom is -0.478 e. The van der Waals surface area contributed by atoms with Crippen LogP contribution in [0.3, 0.4) is 0 Å². The summed E-state index contributed by atoms with van der Waals surface area (Å²) in [5, 5.41) is 13.0. The maximum atomic E-state index is 10.9. The third kappa shape index (κ3) is 2.16. The number of aromatic nitrogens is 4. The molecular weight excluding hydrogens is 260 g/mol. The Kier molecular flexibility index (Phi) is 2.79. The van der Waals surface area contributed by atoms with Crippen molar-refractivity contribution in [2.24, 2.45) is 0 Å². The van der Waals surface area contributed by atoms with E-state index in [0.29, 0.717) is 17.4 Å². The predicted octanol–water partition coefficient (Wildman–Crippen LogP) is 1.92. The maximum Gasteiger partial charge on any atom is 0.335 e. The Hall–Kier alpha value is -2.96. The molecule has 1 aromatic carbocycles. The fraction of sp³-hybridized carbons (Fsp3) is 0.0769. The third-order valence-corrected chi connectivity index (χ3v) is 2.65. The van der Waals surface area contributed by atoms with Gasteiger partial charge in [0, 0.05) is 11.8 Å². The highest BCUT2D eigenvalue weighted by Crippen LogP contribution is 2.22. The highest BCUT2D eigenvalue weighted by atomic mass is 16.5. The number of hydrogen-bond acceptors (Lipinski definition) is 5. The Bertz CT molecular complexity index is 797. The zero-order valence-corrected chi connectivity index (χ0v) is 10.5. The first-order chi connectivity index (χ1) is 9.63. The van der Waals surface area contributed by atoms with E-state index in [1.54, 1.807) is 18.2 Å². The second-order valence-corrected chi connectivity index (χ2v) is 4.14. The first kappa shape index (κ1) is 12.1. The van der Waals surface area contributed by atoms with Gasteiger partial charge < -0.3 is 9.84 Å². The number of fused-ring (bicyclic) bond motifs is 1. The SMILES string of the molecule is Cc1cc(Oc2cccc(C(=O)O)c2)n2ncnc2n1. The zero-order chi connectivity index (χ0) is 14.1. The van der Waals surface area contributed by atoms with Gasteiger partial charge in [-0.3, -0.25) is 0 Å². The molecule has 100 valence electrons. The number of carbonyl (C=O) groups is 1. The Morgan fingerprint density at radius 3 is 3.00 bits per heavy atom. The molecule has 0 atom stereocenters. The van der Waals surface area contributed by atoms with Crippen molar-refractivity contribution >= 4 is 11.7 Å². The summed E-state index contributed by atoms with van der Waals surface area (Å²) in [6.07, 6.45) is 1.38. The minimum atomic E-state index is -1.01. The van der Waals surface area contributed by atoms with Crippen LogP contribution in [-0.2, 0) is 0 Å². The number of ether oxygens (including phenoxy) is 1. The van der Waals surface area contributed by atoms with Gasteiger partial charge in [0.2, 0.25) is 5.88 Å². The van der Waals surface area contributed by atoms with Crippen LogP contribution in [0.25, 0.3) is 5.78 Å². The molecule has 0 spiro atoms. The largest absolute Gasteiger partial charge is 0.478 e. The molecule has 0 fully saturated rings. The molecule has 2 heterocycles. The molecular formula is C13H10N4O3. The molecule has 0 saturated carbocycles. The average Bonchev–Trinajstić information content (AvgIpc) is 2.87. The van der Waals surface area contributed by atoms with Crippen molar-refractivity contribution in [1.29, 1.82) is 0 Å². The standard InChI is InChI=1S/C13H10N4O3/c1-8-5-11(17-13(16-8)14-7-15-17)20-10-4-2-3-9(6-10)12(18)19/h2-7H,1H3,(H,18,19). The minimum absolute atomic E-state index is 0.156. The molecule has 0 aliphatic heterocycles. The Balaban J connectivity index is 2.02. The lowest BCUT2D eigenvalue weighted by molar-refractivity contribution is 0.0696. The van der Waals surface area contributed by atoms with E-state index in [9.17, 15) is 4.79 Å². The molecule has 7 nitrogen and oxygen atoms in total. The molecule has 0 amide bonds. The lowest BCUT2D eigenvalue weighted by Crippen LogP contribution is -2.00. The summed E-state index contributed by atoms with van der Waals surface area (Å²) in [4.78, 5) is 19.1. The van der Waals surface area contributed by atoms with E-state index >= 15 is 0 Å². The molecule has 0 aliphatic rings. The molecule has 20 heavy (non-hydrogen) atoms. The maximum absolute atomic E-state index is 10.9. The van der Waals surface area contributed by atoms with E-state index in [1.165, 1.54) is 23.0 Å². The van der Waals surface area contributed by atoms with E-state index in [4.69, 9.17) is 9.84 Å². The molecule has 0 unspecified atom stereocenters. The van der Waals surface area contributed by atoms with E-state index < -0.39 is 5.97 Å². The number of carboxylic acids is 1. The van der Waals surface area contributed by atoms with Crippen LogP contribution in [0, 0.1) is 6.92 Å². The van der Waals surface area contributed by atoms with Gasteiger partial charge in [-0.2, -0.15) is 14.6 Å². The number of aromatic carboxylic acids is 1. The van der Waals surface area contributed by atoms with Gasteiger partial charge in [-0.15, -0.1) is 0 Å². The van der Waals surface area contributed by atoms with Gasteiger partial charge in [0.25, 0.3) is 5.78 Å². The molecule has 3 rings (SSSR count). The Labute approximate surface area is 113 Å². The summed E-state index contributed by atoms with van der Waals surface area (Å²) < 4.78 is 7.12. The van der Waals surface area contributed by atoms with Crippen molar-refractivity contribution < 1.29 is 14.6 Å². The van der Waals surface area contributed by atoms with Crippen molar-refractivity contribution in [3.05, 3.63) is 47.9 Å². The highest BCUT2D eigenvalue weighted by Gasteiger charge is 2.09. The van der Waals surface area contributed by atoms with Gasteiger partial charge in [-0.1, -0.05) is 6.07 Å². The zero-order valence-electron chi connectivity index (χ0n) is 10.5. The van der Waals surface area contributed by atoms with Gasteiger partial charge >= 0.3 is 5.97 Å². The molecule has 0 radical (unpaired) electrons. The molecule has 0 aliphatic carbocycles. The fourth-order valence-electron chi connectivity index (χ4n) is 1.78. The summed E-state index contributed by atoms with van der Waals surface area (Å²) in [5.74, 6) is 0.251. The summed E-state index contributed by atoms with van der Waals surface area (Å²) in [6, 6.07) is 7.93. The van der Waals surface area contributed by atoms with Crippen LogP contribution < -0.4 is 4.74 Å². The quantitative estimate of drug-likeness (QED) is 0.782. The topological polar surface area (TPSA) is 89.6 Å². The van der Waals surface area contributed by atoms with Gasteiger partial charge in [-0.25, -0.2) is 9.78 Å². The first-order valence-electron chi connectivity index (χ1n) is 5.82. The van der Waals surface area contributed by atoms with Gasteiger partial charge in [0.05, 0.1) is 5.56 Å². The van der Waals surface area contributed by atoms with Gasteiger partial charge in [0.1, 0.15) is 12.1 Å². The normalized spacial score (nSPS) is 10.7. The van der Waals surface area contributed by atoms with Gasteiger partial charge in [0.15, 0.2) is 0 Å². The highest BCUT2D eigenvalue weighted by molar-refractivity contribution is 5.88. The van der Waals surface area contributed by atoms with Crippen LogP contribution in [0.4, 0.5) is 0 Å². The van der Waals surface area contributed by atoms with Crippen molar-refractivity contribution in [3.63, 3.8) is 0 Å². The van der Waals surface area contributed by atoms with E-state index in [-0.39, 0.29) is 5.56 Å². The van der Waals surface area contributed by atoms with Crippen molar-refractivity contribution in [1.82, 2.24) is 19.6 Å². The number of rotatable bonds is 3. The number of hydrogen-bond donors (Lipinski definition) is 1. The van der Waals surface area contributed by atoms with Crippen LogP contribution in [0.1, 0.15) is 16.1 Å². The summed E-state index contributed by atoms with van der Waals surface area (Å²) >= 11 is 0. The van der Waals surface area contributed by atoms with Crippen LogP contribution in [-0.4, -0.2) is 30.7 Å². The van der Waals surface area contributed by atoms with Crippen molar-refractivity contribution in [2.75, 3.05) is 0 Å². The summed E-state index contributed by atoms with van der Waals surface area (Å²) in [5.41, 5.74) is 0.887. The van der Waals surface area contributed by atoms with Crippen LogP contribution in [0.2, 0.25) is 0 Å². The number of nitrogens with zero attached hydrogens (tertiary/aromatic N) is 4. The molecule has 0 saturated heterocycles. The van der Waals surface area contributed by atoms with E-state index in [2.05, 4.69) is 15.1 Å². The van der Waals surface area contributed by atoms with Crippen LogP contribution in [0.5, 0.6) is 11.6 Å². The molecule has 2 aromatic heterocycles. The second kappa shape index (κ2) is 4.61. The van der Waals surface area contributed by atoms with Crippen LogP contribution in [0.15, 0.2) is 36.7 Å². The monoisotopic (exact) mass is 270 g/mol. The number of aryl methyl sites for hydroxylation is 1. The van der Waals surface area contributed by atoms with E-state index in [0.717, 1.165) is 5.69 Å². The molecule has 3 aromatic rings. The van der Waals surface area contributed by atoms with Crippen molar-refractivity contribution in [2.45, 2.75) is 6.92 Å². The Morgan fingerprint density at radius 2 is 2.20 bits per heavy atom. The summed E-state index contributed by atoms with van der Waals surface area (Å²) in [6.45, 7) is 1.81. The smallest absolute Gasteiger partial charge is 0.335 e. The first-order valence-corrected chi connectivity index (χ1v) is 5.82. The molecule has 1 N–H and O–H groups in total. The van der Waals surface area contributed by atoms with Crippen LogP contribution >= 0.6 is 0 Å². The lowest BCUT2D eigenvalue weighted by atomic mass is 10.2. The predicted molar refractivity (Wildman–Crippen MR) is 69.0 cm³/mol. The lowest BCUT2D eigenvalue weighted by Gasteiger charge is -2.08. The number of benzene rings is 1. The number of carboxylic acid groups (broad SMARTS) is 1. The molecule has 0 bridgehead atoms. The third-order valence-electron chi connectivity index (χ3n) is 2.65. The second-order valence-electron chi connectivity index (χ2n) is 4.14. The Morgan fingerprint density at radius 1 is 1.35 bits per heavy atom. The van der Waals surface area contributed by atoms with Crippen molar-refractivity contribution in [3.8, 4) is 11.6 Å². The average molecular weight is 270 g/mol. The fourth-order valence-corrected chi connectivity index (χ4v) is 1.78. The van der Waals surface area contributed by atoms with Gasteiger partial charge in [-0.05, 0) is 25.1 Å².